The summed E-state index contributed by atoms with van der Waals surface area (Å²) in [5, 5.41) is 0. The average Bonchev–Trinajstić information content (AvgIpc) is 2.67. The van der Waals surface area contributed by atoms with Gasteiger partial charge in [0, 0.05) is 39.3 Å². The van der Waals surface area contributed by atoms with E-state index in [0.29, 0.717) is 18.6 Å². The van der Waals surface area contributed by atoms with Gasteiger partial charge in [-0.2, -0.15) is 0 Å². The molecule has 1 aliphatic heterocycles. The molecule has 1 aromatic rings. The molecule has 2 rings (SSSR count). The largest absolute Gasteiger partial charge is 0.489 e. The van der Waals surface area contributed by atoms with Crippen LogP contribution in [0.3, 0.4) is 0 Å². The molecule has 0 fully saturated rings. The van der Waals surface area contributed by atoms with E-state index in [1.807, 2.05) is 31.0 Å². The van der Waals surface area contributed by atoms with Gasteiger partial charge in [0.25, 0.3) is 5.91 Å². The lowest BCUT2D eigenvalue weighted by Crippen LogP contribution is -2.47. The quantitative estimate of drug-likeness (QED) is 0.735. The van der Waals surface area contributed by atoms with Crippen molar-refractivity contribution < 1.29 is 14.3 Å². The van der Waals surface area contributed by atoms with Crippen molar-refractivity contribution >= 4 is 17.5 Å². The molecular formula is C21H33N3O3. The lowest BCUT2D eigenvalue weighted by molar-refractivity contribution is -0.134. The first kappa shape index (κ1) is 21.1. The van der Waals surface area contributed by atoms with Crippen LogP contribution in [0, 0.1) is 0 Å². The fourth-order valence-corrected chi connectivity index (χ4v) is 3.68. The van der Waals surface area contributed by atoms with Crippen molar-refractivity contribution in [3.63, 3.8) is 0 Å². The van der Waals surface area contributed by atoms with E-state index in [0.717, 1.165) is 30.8 Å². The zero-order chi connectivity index (χ0) is 20.1. The van der Waals surface area contributed by atoms with Crippen molar-refractivity contribution in [3.8, 4) is 5.75 Å². The fraction of sp³-hybridized carbons (Fsp3) is 0.619. The molecule has 0 radical (unpaired) electrons. The van der Waals surface area contributed by atoms with Crippen molar-refractivity contribution in [2.45, 2.75) is 52.1 Å². The summed E-state index contributed by atoms with van der Waals surface area (Å²) in [4.78, 5) is 30.8. The van der Waals surface area contributed by atoms with Gasteiger partial charge in [-0.15, -0.1) is 0 Å². The summed E-state index contributed by atoms with van der Waals surface area (Å²) in [6, 6.07) is 5.72. The topological polar surface area (TPSA) is 53.1 Å². The van der Waals surface area contributed by atoms with Gasteiger partial charge in [-0.25, -0.2) is 0 Å². The second kappa shape index (κ2) is 9.11. The Morgan fingerprint density at radius 3 is 2.44 bits per heavy atom. The first-order chi connectivity index (χ1) is 12.8. The summed E-state index contributed by atoms with van der Waals surface area (Å²) >= 11 is 0. The van der Waals surface area contributed by atoms with Crippen LogP contribution in [-0.4, -0.2) is 68.0 Å². The number of anilines is 1. The van der Waals surface area contributed by atoms with Crippen LogP contribution >= 0.6 is 0 Å². The summed E-state index contributed by atoms with van der Waals surface area (Å²) in [6.07, 6.45) is 2.34. The van der Waals surface area contributed by atoms with Crippen LogP contribution in [0.15, 0.2) is 18.2 Å². The predicted molar refractivity (Wildman–Crippen MR) is 109 cm³/mol. The molecule has 0 saturated heterocycles. The van der Waals surface area contributed by atoms with E-state index < -0.39 is 0 Å². The van der Waals surface area contributed by atoms with Crippen molar-refractivity contribution in [2.75, 3.05) is 39.2 Å². The van der Waals surface area contributed by atoms with Gasteiger partial charge in [-0.3, -0.25) is 9.59 Å². The third-order valence-corrected chi connectivity index (χ3v) is 5.43. The van der Waals surface area contributed by atoms with Crippen LogP contribution in [0.4, 0.5) is 5.69 Å². The fourth-order valence-electron chi connectivity index (χ4n) is 3.68. The molecule has 1 heterocycles. The smallest absolute Gasteiger partial charge is 0.253 e. The van der Waals surface area contributed by atoms with E-state index >= 15 is 0 Å². The number of benzene rings is 1. The molecule has 0 bridgehead atoms. The number of nitrogens with zero attached hydrogens (tertiary/aromatic N) is 3. The third-order valence-electron chi connectivity index (χ3n) is 5.43. The molecule has 2 amide bonds. The molecule has 1 aliphatic rings. The predicted octanol–water partition coefficient (Wildman–Crippen LogP) is 3.01. The minimum absolute atomic E-state index is 0.0434. The molecule has 6 heteroatoms. The molecular weight excluding hydrogens is 342 g/mol. The second-order valence-corrected chi connectivity index (χ2v) is 7.31. The van der Waals surface area contributed by atoms with Gasteiger partial charge < -0.3 is 19.4 Å². The van der Waals surface area contributed by atoms with Crippen molar-refractivity contribution in [1.29, 1.82) is 0 Å². The molecule has 0 spiro atoms. The number of carbonyl (C=O) groups is 2. The highest BCUT2D eigenvalue weighted by Crippen LogP contribution is 2.35. The number of fused-ring (bicyclic) bond motifs is 1. The molecule has 27 heavy (non-hydrogen) atoms. The highest BCUT2D eigenvalue weighted by Gasteiger charge is 2.30. The maximum atomic E-state index is 12.9. The van der Waals surface area contributed by atoms with Crippen molar-refractivity contribution in [3.05, 3.63) is 23.8 Å². The number of amides is 2. The monoisotopic (exact) mass is 375 g/mol. The molecule has 150 valence electrons. The summed E-state index contributed by atoms with van der Waals surface area (Å²) in [7, 11) is 5.44. The Balaban J connectivity index is 2.17. The van der Waals surface area contributed by atoms with Gasteiger partial charge in [0.2, 0.25) is 5.91 Å². The Kier molecular flexibility index (Phi) is 7.11. The highest BCUT2D eigenvalue weighted by atomic mass is 16.5. The second-order valence-electron chi connectivity index (χ2n) is 7.31. The Morgan fingerprint density at radius 1 is 1.22 bits per heavy atom. The van der Waals surface area contributed by atoms with Gasteiger partial charge in [0.05, 0.1) is 18.2 Å². The average molecular weight is 376 g/mol. The maximum Gasteiger partial charge on any atom is 0.253 e. The Labute approximate surface area is 163 Å². The van der Waals surface area contributed by atoms with Crippen molar-refractivity contribution in [2.24, 2.45) is 0 Å². The molecule has 6 nitrogen and oxygen atoms in total. The Hall–Kier alpha value is -2.24. The number of rotatable bonds is 7. The van der Waals surface area contributed by atoms with Crippen LogP contribution in [0.5, 0.6) is 5.75 Å². The minimum atomic E-state index is -0.0460. The zero-order valence-electron chi connectivity index (χ0n) is 17.5. The molecule has 0 N–H and O–H groups in total. The molecule has 0 saturated carbocycles. The first-order valence-electron chi connectivity index (χ1n) is 9.84. The van der Waals surface area contributed by atoms with E-state index in [1.165, 1.54) is 0 Å². The SMILES string of the molecule is CCC(CC)N(CC)C(=O)C[C@H]1COc2ccc(C(=O)N(C)C)cc2N1C. The van der Waals surface area contributed by atoms with Crippen LogP contribution in [-0.2, 0) is 4.79 Å². The molecule has 0 aliphatic carbocycles. The van der Waals surface area contributed by atoms with Crippen LogP contribution in [0.2, 0.25) is 0 Å². The zero-order valence-corrected chi connectivity index (χ0v) is 17.5. The van der Waals surface area contributed by atoms with Crippen LogP contribution in [0.1, 0.15) is 50.4 Å². The van der Waals surface area contributed by atoms with E-state index in [9.17, 15) is 9.59 Å². The first-order valence-corrected chi connectivity index (χ1v) is 9.84. The Morgan fingerprint density at radius 2 is 1.89 bits per heavy atom. The van der Waals surface area contributed by atoms with E-state index in [2.05, 4.69) is 18.7 Å². The number of carbonyl (C=O) groups excluding carboxylic acids is 2. The van der Waals surface area contributed by atoms with E-state index in [4.69, 9.17) is 4.74 Å². The van der Waals surface area contributed by atoms with Gasteiger partial charge in [-0.05, 0) is 38.0 Å². The number of hydrogen-bond acceptors (Lipinski definition) is 4. The third kappa shape index (κ3) is 4.54. The molecule has 1 aromatic carbocycles. The molecule has 0 unspecified atom stereocenters. The van der Waals surface area contributed by atoms with Crippen molar-refractivity contribution in [1.82, 2.24) is 9.80 Å². The summed E-state index contributed by atoms with van der Waals surface area (Å²) in [5.74, 6) is 0.870. The summed E-state index contributed by atoms with van der Waals surface area (Å²) < 4.78 is 5.89. The lowest BCUT2D eigenvalue weighted by atomic mass is 10.0. The lowest BCUT2D eigenvalue weighted by Gasteiger charge is -2.38. The molecule has 1 atom stereocenters. The van der Waals surface area contributed by atoms with Gasteiger partial charge >= 0.3 is 0 Å². The standard InChI is InChI=1S/C21H33N3O3/c1-7-16(8-2)24(9-3)20(25)13-17-14-27-19-11-10-15(21(26)22(4)5)12-18(19)23(17)6/h10-12,16-17H,7-9,13-14H2,1-6H3/t17-/m0/s1. The summed E-state index contributed by atoms with van der Waals surface area (Å²) in [6.45, 7) is 7.47. The van der Waals surface area contributed by atoms with Gasteiger partial charge in [-0.1, -0.05) is 13.8 Å². The Bertz CT molecular complexity index is 671. The maximum absolute atomic E-state index is 12.9. The van der Waals surface area contributed by atoms with Gasteiger partial charge in [0.15, 0.2) is 0 Å². The number of hydrogen-bond donors (Lipinski definition) is 0. The minimum Gasteiger partial charge on any atom is -0.489 e. The normalized spacial score (nSPS) is 16.0. The van der Waals surface area contributed by atoms with Crippen LogP contribution in [0.25, 0.3) is 0 Å². The highest BCUT2D eigenvalue weighted by molar-refractivity contribution is 5.95. The van der Waals surface area contributed by atoms with E-state index in [1.54, 1.807) is 25.1 Å². The number of ether oxygens (including phenoxy) is 1. The summed E-state index contributed by atoms with van der Waals surface area (Å²) in [5.41, 5.74) is 1.48. The van der Waals surface area contributed by atoms with E-state index in [-0.39, 0.29) is 23.9 Å². The number of likely N-dealkylation sites (N-methyl/N-ethyl adjacent to an activating group) is 1. The van der Waals surface area contributed by atoms with Gasteiger partial charge in [0.1, 0.15) is 12.4 Å². The molecule has 0 aromatic heterocycles. The van der Waals surface area contributed by atoms with Crippen LogP contribution < -0.4 is 9.64 Å².